The molecule has 0 spiro atoms. The zero-order valence-electron chi connectivity index (χ0n) is 19.4. The number of amides is 2. The van der Waals surface area contributed by atoms with Crippen LogP contribution in [0.2, 0.25) is 5.02 Å². The molecule has 2 aliphatic rings. The molecule has 9 nitrogen and oxygen atoms in total. The van der Waals surface area contributed by atoms with E-state index in [1.54, 1.807) is 13.2 Å². The van der Waals surface area contributed by atoms with Crippen molar-refractivity contribution in [2.75, 3.05) is 44.7 Å². The summed E-state index contributed by atoms with van der Waals surface area (Å²) in [6.45, 7) is 4.90. The Morgan fingerprint density at radius 3 is 2.47 bits per heavy atom. The molecule has 2 amide bonds. The van der Waals surface area contributed by atoms with E-state index in [2.05, 4.69) is 27.3 Å². The van der Waals surface area contributed by atoms with Crippen molar-refractivity contribution >= 4 is 29.4 Å². The van der Waals surface area contributed by atoms with E-state index >= 15 is 0 Å². The van der Waals surface area contributed by atoms with Crippen molar-refractivity contribution in [3.05, 3.63) is 47.0 Å². The molecule has 0 bridgehead atoms. The van der Waals surface area contributed by atoms with Gasteiger partial charge in [-0.2, -0.15) is 0 Å². The molecule has 0 unspecified atom stereocenters. The number of carbonyl (C=O) groups excluding carboxylic acids is 1. The molecule has 2 atom stereocenters. The Morgan fingerprint density at radius 2 is 1.88 bits per heavy atom. The Balaban J connectivity index is 1.43. The van der Waals surface area contributed by atoms with E-state index in [-0.39, 0.29) is 29.7 Å². The number of aromatic nitrogens is 2. The fourth-order valence-electron chi connectivity index (χ4n) is 5.09. The number of piperidine rings is 1. The predicted molar refractivity (Wildman–Crippen MR) is 128 cm³/mol. The number of hydrogen-bond acceptors (Lipinski definition) is 6. The number of likely N-dealkylation sites (tertiary alicyclic amines) is 1. The molecule has 182 valence electrons. The van der Waals surface area contributed by atoms with E-state index in [4.69, 9.17) is 21.4 Å². The second-order valence-corrected chi connectivity index (χ2v) is 9.66. The number of methoxy groups -OCH3 is 1. The molecule has 2 aromatic rings. The van der Waals surface area contributed by atoms with Crippen LogP contribution in [0.1, 0.15) is 25.3 Å². The Kier molecular flexibility index (Phi) is 7.11. The second-order valence-electron chi connectivity index (χ2n) is 9.22. The summed E-state index contributed by atoms with van der Waals surface area (Å²) >= 11 is 6.08. The van der Waals surface area contributed by atoms with Crippen LogP contribution < -0.4 is 15.0 Å². The summed E-state index contributed by atoms with van der Waals surface area (Å²) in [7, 11) is 1.55. The lowest BCUT2D eigenvalue weighted by Gasteiger charge is -2.34. The van der Waals surface area contributed by atoms with E-state index < -0.39 is 6.09 Å². The quantitative estimate of drug-likeness (QED) is 0.644. The van der Waals surface area contributed by atoms with Gasteiger partial charge in [-0.3, -0.25) is 4.79 Å². The highest BCUT2D eigenvalue weighted by molar-refractivity contribution is 6.30. The summed E-state index contributed by atoms with van der Waals surface area (Å²) in [4.78, 5) is 28.7. The van der Waals surface area contributed by atoms with Gasteiger partial charge in [0.25, 0.3) is 0 Å². The van der Waals surface area contributed by atoms with Crippen LogP contribution in [0.25, 0.3) is 0 Å². The van der Waals surface area contributed by atoms with Gasteiger partial charge >= 0.3 is 6.09 Å². The summed E-state index contributed by atoms with van der Waals surface area (Å²) in [6.07, 6.45) is 0.412. The van der Waals surface area contributed by atoms with Crippen LogP contribution in [0.3, 0.4) is 0 Å². The van der Waals surface area contributed by atoms with Crippen LogP contribution >= 0.6 is 11.6 Å². The fraction of sp³-hybridized carbons (Fsp3) is 0.500. The maximum atomic E-state index is 13.5. The van der Waals surface area contributed by atoms with Gasteiger partial charge in [0, 0.05) is 61.1 Å². The number of carboxylic acid groups (broad SMARTS) is 1. The van der Waals surface area contributed by atoms with Crippen LogP contribution in [-0.4, -0.2) is 72.0 Å². The Morgan fingerprint density at radius 1 is 1.18 bits per heavy atom. The van der Waals surface area contributed by atoms with Gasteiger partial charge in [-0.25, -0.2) is 4.79 Å². The summed E-state index contributed by atoms with van der Waals surface area (Å²) in [5.74, 6) is 1.28. The molecule has 0 saturated carbocycles. The van der Waals surface area contributed by atoms with Gasteiger partial charge in [-0.05, 0) is 36.6 Å². The topological polar surface area (TPSA) is 108 Å². The number of rotatable bonds is 6. The zero-order valence-corrected chi connectivity index (χ0v) is 20.2. The van der Waals surface area contributed by atoms with Crippen LogP contribution in [0.15, 0.2) is 36.4 Å². The monoisotopic (exact) mass is 487 g/mol. The lowest BCUT2D eigenvalue weighted by molar-refractivity contribution is -0.135. The van der Waals surface area contributed by atoms with Crippen molar-refractivity contribution in [2.45, 2.75) is 25.2 Å². The van der Waals surface area contributed by atoms with Crippen LogP contribution in [0.4, 0.5) is 10.6 Å². The summed E-state index contributed by atoms with van der Waals surface area (Å²) < 4.78 is 5.07. The lowest BCUT2D eigenvalue weighted by Crippen LogP contribution is -2.43. The van der Waals surface area contributed by atoms with E-state index in [0.29, 0.717) is 24.0 Å². The second kappa shape index (κ2) is 10.0. The zero-order chi connectivity index (χ0) is 24.3. The van der Waals surface area contributed by atoms with Crippen molar-refractivity contribution in [1.82, 2.24) is 20.4 Å². The van der Waals surface area contributed by atoms with Gasteiger partial charge in [-0.1, -0.05) is 30.7 Å². The molecule has 2 aliphatic heterocycles. The first kappa shape index (κ1) is 24.1. The maximum Gasteiger partial charge on any atom is 0.404 e. The molecule has 2 saturated heterocycles. The van der Waals surface area contributed by atoms with Crippen LogP contribution in [0, 0.1) is 11.8 Å². The first-order valence-corrected chi connectivity index (χ1v) is 11.8. The average molecular weight is 488 g/mol. The third-order valence-electron chi connectivity index (χ3n) is 7.18. The molecule has 2 fully saturated rings. The highest BCUT2D eigenvalue weighted by atomic mass is 35.5. The summed E-state index contributed by atoms with van der Waals surface area (Å²) in [5.41, 5.74) is 0.680. The van der Waals surface area contributed by atoms with E-state index in [1.165, 1.54) is 0 Å². The van der Waals surface area contributed by atoms with Crippen molar-refractivity contribution in [3.63, 3.8) is 0 Å². The number of ether oxygens (including phenoxy) is 1. The van der Waals surface area contributed by atoms with Crippen molar-refractivity contribution in [1.29, 1.82) is 0 Å². The third kappa shape index (κ3) is 5.04. The number of halogens is 1. The largest absolute Gasteiger partial charge is 0.480 e. The predicted octanol–water partition coefficient (Wildman–Crippen LogP) is 3.04. The molecule has 1 aromatic carbocycles. The Labute approximate surface area is 204 Å². The summed E-state index contributed by atoms with van der Waals surface area (Å²) in [6, 6.07) is 11.3. The first-order chi connectivity index (χ1) is 16.3. The van der Waals surface area contributed by atoms with Gasteiger partial charge in [0.1, 0.15) is 0 Å². The minimum Gasteiger partial charge on any atom is -0.480 e. The van der Waals surface area contributed by atoms with Gasteiger partial charge in [0.2, 0.25) is 11.8 Å². The van der Waals surface area contributed by atoms with Gasteiger partial charge in [0.05, 0.1) is 7.11 Å². The third-order valence-corrected chi connectivity index (χ3v) is 7.43. The molecule has 10 heteroatoms. The van der Waals surface area contributed by atoms with Crippen molar-refractivity contribution in [2.24, 2.45) is 11.8 Å². The lowest BCUT2D eigenvalue weighted by atomic mass is 9.74. The molecule has 34 heavy (non-hydrogen) atoms. The molecule has 3 heterocycles. The molecule has 4 rings (SSSR count). The van der Waals surface area contributed by atoms with Gasteiger partial charge in [-0.15, -0.1) is 10.2 Å². The Hall–Kier alpha value is -3.07. The number of hydrogen-bond donors (Lipinski definition) is 2. The van der Waals surface area contributed by atoms with E-state index in [0.717, 1.165) is 37.3 Å². The molecule has 1 aromatic heterocycles. The molecular weight excluding hydrogens is 458 g/mol. The number of nitrogens with zero attached hydrogens (tertiary/aromatic N) is 4. The molecule has 2 N–H and O–H groups in total. The van der Waals surface area contributed by atoms with Gasteiger partial charge in [0.15, 0.2) is 5.82 Å². The highest BCUT2D eigenvalue weighted by Crippen LogP contribution is 2.40. The summed E-state index contributed by atoms with van der Waals surface area (Å²) in [5, 5.41) is 20.6. The minimum atomic E-state index is -1.06. The highest BCUT2D eigenvalue weighted by Gasteiger charge is 2.47. The standard InChI is InChI=1S/C24H30ClN5O4/c1-24(17-3-5-19(25)6-4-17)15-30(14-18(24)13-26-23(32)33)22(31)16-9-11-29(12-10-16)20-7-8-21(34-2)28-27-20/h3-8,16,18,26H,9-15H2,1-2H3,(H,32,33)/t18-,24-/m0/s1. The van der Waals surface area contributed by atoms with Gasteiger partial charge < -0.3 is 25.0 Å². The maximum absolute atomic E-state index is 13.5. The van der Waals surface area contributed by atoms with Crippen LogP contribution in [0.5, 0.6) is 5.88 Å². The van der Waals surface area contributed by atoms with Crippen molar-refractivity contribution < 1.29 is 19.4 Å². The smallest absolute Gasteiger partial charge is 0.404 e. The first-order valence-electron chi connectivity index (χ1n) is 11.4. The molecule has 0 radical (unpaired) electrons. The number of carbonyl (C=O) groups is 2. The number of nitrogens with one attached hydrogen (secondary N) is 1. The minimum absolute atomic E-state index is 0.0385. The van der Waals surface area contributed by atoms with E-state index in [1.807, 2.05) is 35.2 Å². The van der Waals surface area contributed by atoms with Crippen LogP contribution in [-0.2, 0) is 10.2 Å². The fourth-order valence-corrected chi connectivity index (χ4v) is 5.21. The number of benzene rings is 1. The SMILES string of the molecule is COc1ccc(N2CCC(C(=O)N3C[C@H](CNC(=O)O)[C@](C)(c4ccc(Cl)cc4)C3)CC2)nn1. The molecule has 0 aliphatic carbocycles. The molecular formula is C24H30ClN5O4. The van der Waals surface area contributed by atoms with E-state index in [9.17, 15) is 9.59 Å². The van der Waals surface area contributed by atoms with Crippen molar-refractivity contribution in [3.8, 4) is 5.88 Å². The number of anilines is 1. The average Bonchev–Trinajstić information content (AvgIpc) is 3.20. The Bertz CT molecular complexity index is 1010. The normalized spacial score (nSPS) is 23.1.